The molecule has 2 aromatic heterocycles. The number of carbonyl (C=O) groups excluding carboxylic acids is 10. The molecule has 0 saturated carbocycles. The Balaban J connectivity index is 1.25. The van der Waals surface area contributed by atoms with Gasteiger partial charge in [-0.05, 0) is 115 Å². The summed E-state index contributed by atoms with van der Waals surface area (Å²) in [5.41, 5.74) is 24.5. The Kier molecular flexibility index (Phi) is 31.1. The average Bonchev–Trinajstić information content (AvgIpc) is 1.81. The molecular formula is C69H91ClN18O13. The van der Waals surface area contributed by atoms with Crippen molar-refractivity contribution < 1.29 is 63.0 Å². The number of halogens is 1. The van der Waals surface area contributed by atoms with Crippen LogP contribution in [0.3, 0.4) is 0 Å². The molecular weight excluding hydrogens is 1320 g/mol. The Morgan fingerprint density at radius 3 is 1.49 bits per heavy atom. The summed E-state index contributed by atoms with van der Waals surface area (Å²) >= 11 is 6.23. The van der Waals surface area contributed by atoms with Gasteiger partial charge in [0.2, 0.25) is 59.1 Å². The Morgan fingerprint density at radius 2 is 0.980 bits per heavy atom. The Labute approximate surface area is 589 Å². The van der Waals surface area contributed by atoms with Crippen molar-refractivity contribution in [2.24, 2.45) is 38.8 Å². The van der Waals surface area contributed by atoms with Gasteiger partial charge in [0.05, 0.1) is 6.61 Å². The second-order valence-electron chi connectivity index (χ2n) is 25.0. The summed E-state index contributed by atoms with van der Waals surface area (Å²) in [5.74, 6) is -10.3. The lowest BCUT2D eigenvalue weighted by Crippen LogP contribution is -2.61. The number of aliphatic carboxylic acids is 1. The third-order valence-corrected chi connectivity index (χ3v) is 16.6. The van der Waals surface area contributed by atoms with Crippen LogP contribution >= 0.6 is 11.6 Å². The highest BCUT2D eigenvalue weighted by Crippen LogP contribution is 2.22. The number of aliphatic hydroxyl groups excluding tert-OH is 1. The first-order valence-electron chi connectivity index (χ1n) is 33.1. The molecule has 1 fully saturated rings. The number of amides is 10. The van der Waals surface area contributed by atoms with Gasteiger partial charge in [-0.1, -0.05) is 92.2 Å². The van der Waals surface area contributed by atoms with E-state index in [-0.39, 0.29) is 102 Å². The van der Waals surface area contributed by atoms with Crippen molar-refractivity contribution in [1.82, 2.24) is 62.7 Å². The van der Waals surface area contributed by atoms with Gasteiger partial charge in [0.25, 0.3) is 0 Å². The lowest BCUT2D eigenvalue weighted by atomic mass is 9.99. The largest absolute Gasteiger partial charge is 0.480 e. The summed E-state index contributed by atoms with van der Waals surface area (Å²) in [6.07, 6.45) is 5.85. The first kappa shape index (κ1) is 79.2. The molecule has 0 radical (unpaired) electrons. The Bertz CT molecular complexity index is 3730. The molecule has 0 bridgehead atoms. The van der Waals surface area contributed by atoms with Crippen LogP contribution in [0.2, 0.25) is 5.02 Å². The third-order valence-electron chi connectivity index (χ3n) is 16.4. The number of rotatable bonds is 38. The Morgan fingerprint density at radius 1 is 0.535 bits per heavy atom. The molecule has 1 aliphatic rings. The van der Waals surface area contributed by atoms with Gasteiger partial charge < -0.3 is 85.9 Å². The van der Waals surface area contributed by atoms with Crippen LogP contribution in [-0.4, -0.2) is 189 Å². The van der Waals surface area contributed by atoms with Crippen LogP contribution < -0.4 is 70.8 Å². The number of hydrogen-bond donors (Lipinski definition) is 15. The van der Waals surface area contributed by atoms with Crippen LogP contribution in [0.15, 0.2) is 126 Å². The summed E-state index contributed by atoms with van der Waals surface area (Å²) in [4.78, 5) is 172. The molecule has 0 aliphatic carbocycles. The molecule has 10 amide bonds. The molecule has 6 rings (SSSR count). The number of guanidine groups is 2. The van der Waals surface area contributed by atoms with Crippen molar-refractivity contribution in [3.05, 3.63) is 143 Å². The molecule has 0 spiro atoms. The van der Waals surface area contributed by atoms with E-state index in [0.717, 1.165) is 10.8 Å². The van der Waals surface area contributed by atoms with Crippen molar-refractivity contribution >= 4 is 99.3 Å². The molecule has 19 N–H and O–H groups in total. The van der Waals surface area contributed by atoms with E-state index in [4.69, 9.17) is 34.5 Å². The molecule has 3 aromatic carbocycles. The Hall–Kier alpha value is -10.8. The van der Waals surface area contributed by atoms with E-state index in [1.165, 1.54) is 43.5 Å². The molecule has 3 heterocycles. The number of pyridine rings is 2. The maximum Gasteiger partial charge on any atom is 0.325 e. The van der Waals surface area contributed by atoms with Crippen molar-refractivity contribution in [2.45, 2.75) is 159 Å². The molecule has 1 aliphatic heterocycles. The van der Waals surface area contributed by atoms with E-state index in [1.54, 1.807) is 62.4 Å². The van der Waals surface area contributed by atoms with Crippen LogP contribution in [-0.2, 0) is 78.4 Å². The molecule has 10 atom stereocenters. The summed E-state index contributed by atoms with van der Waals surface area (Å²) < 4.78 is 0. The maximum absolute atomic E-state index is 14.8. The number of carbonyl (C=O) groups is 11. The van der Waals surface area contributed by atoms with Crippen molar-refractivity contribution in [3.8, 4) is 0 Å². The lowest BCUT2D eigenvalue weighted by molar-refractivity contribution is -0.144. The molecule has 542 valence electrons. The number of benzene rings is 3. The van der Waals surface area contributed by atoms with E-state index < -0.39 is 132 Å². The smallest absolute Gasteiger partial charge is 0.325 e. The predicted molar refractivity (Wildman–Crippen MR) is 376 cm³/mol. The second kappa shape index (κ2) is 39.7. The third kappa shape index (κ3) is 26.1. The minimum Gasteiger partial charge on any atom is -0.480 e. The number of aromatic nitrogens is 2. The SMILES string of the molecule is CC(=O)N[C@H](Cc1ccc2ccccc2c1)C(=O)N[C@H](Cc1ccc(Cl)cc1)C(=O)N[C@H](Cc1cccnc1)C(=O)N[C@@H](CO)C(=O)N[C@@H](CCCN=C(N)N)C(=O)N[C@H](Cc1cccnc1)C(=O)N[C@@H](CC(C)C)C(=O)N[C@@H](CCCN=C(N)N)C(=O)N1CCC[C@H]1C(=O)N[C@H](C)C(=O)O. The molecule has 0 unspecified atom stereocenters. The van der Waals surface area contributed by atoms with E-state index in [9.17, 15) is 63.0 Å². The second-order valence-corrected chi connectivity index (χ2v) is 25.4. The van der Waals surface area contributed by atoms with Crippen molar-refractivity contribution in [2.75, 3.05) is 26.2 Å². The summed E-state index contributed by atoms with van der Waals surface area (Å²) in [5, 5.41) is 46.4. The topological polar surface area (TPSA) is 494 Å². The standard InChI is InChI=1S/C69H91ClN18O13/c1-39(2)30-51(59(92)82-50(17-10-28-78-69(73)74)66(99)88-29-11-18-57(88)65(98)79-40(3)67(100)101)83-62(95)54(34-44-12-7-25-75-36-44)84-58(91)49(16-9-27-77-68(71)72)81-64(97)56(38-89)87-63(96)55(35-45-13-8-26-76-37-45)86-61(94)53(32-42-20-23-48(70)24-21-42)85-60(93)52(80-41(4)90)33-43-19-22-46-14-5-6-15-47(46)31-43/h5-8,12-15,19-26,31,36-37,39-40,49-57,89H,9-11,16-18,27-30,32-35,38H2,1-4H3,(H,79,98)(H,80,90)(H,81,97)(H,82,92)(H,83,95)(H,84,91)(H,85,93)(H,86,94)(H,87,96)(H,100,101)(H4,71,72,77)(H4,73,74,78)/t40-,49+,50+,51+,52-,53-,54-,55-,56+,57+/m1/s1. The summed E-state index contributed by atoms with van der Waals surface area (Å²) in [6, 6.07) is 12.1. The van der Waals surface area contributed by atoms with Crippen molar-refractivity contribution in [3.63, 3.8) is 0 Å². The number of aliphatic imine (C=N–C) groups is 2. The van der Waals surface area contributed by atoms with Gasteiger partial charge in [-0.15, -0.1) is 0 Å². The van der Waals surface area contributed by atoms with E-state index in [2.05, 4.69) is 67.8 Å². The molecule has 101 heavy (non-hydrogen) atoms. The molecule has 5 aromatic rings. The van der Waals surface area contributed by atoms with Crippen LogP contribution in [0.25, 0.3) is 10.8 Å². The summed E-state index contributed by atoms with van der Waals surface area (Å²) in [6.45, 7) is 5.15. The predicted octanol–water partition coefficient (Wildman–Crippen LogP) is -0.822. The van der Waals surface area contributed by atoms with Gasteiger partial charge in [-0.25, -0.2) is 0 Å². The zero-order valence-electron chi connectivity index (χ0n) is 56.7. The first-order valence-corrected chi connectivity index (χ1v) is 33.5. The van der Waals surface area contributed by atoms with E-state index in [1.807, 2.05) is 42.5 Å². The number of nitrogens with zero attached hydrogens (tertiary/aromatic N) is 5. The fraction of sp³-hybridized carbons (Fsp3) is 0.435. The minimum absolute atomic E-state index is 0.000606. The summed E-state index contributed by atoms with van der Waals surface area (Å²) in [7, 11) is 0. The highest BCUT2D eigenvalue weighted by molar-refractivity contribution is 6.30. The zero-order valence-corrected chi connectivity index (χ0v) is 57.5. The fourth-order valence-corrected chi connectivity index (χ4v) is 11.4. The molecule has 32 heteroatoms. The molecule has 31 nitrogen and oxygen atoms in total. The van der Waals surface area contributed by atoms with Gasteiger partial charge in [-0.3, -0.25) is 72.7 Å². The van der Waals surface area contributed by atoms with Gasteiger partial charge in [0.1, 0.15) is 60.4 Å². The normalized spacial score (nSPS) is 15.2. The monoisotopic (exact) mass is 1410 g/mol. The number of carboxylic acids is 1. The number of likely N-dealkylation sites (tertiary alicyclic amines) is 1. The highest BCUT2D eigenvalue weighted by atomic mass is 35.5. The maximum atomic E-state index is 14.8. The number of fused-ring (bicyclic) bond motifs is 1. The number of carboxylic acid groups (broad SMARTS) is 1. The van der Waals surface area contributed by atoms with Gasteiger partial charge >= 0.3 is 5.97 Å². The first-order chi connectivity index (χ1) is 48.2. The quantitative estimate of drug-likeness (QED) is 0.0130. The number of aliphatic hydroxyl groups is 1. The van der Waals surface area contributed by atoms with Crippen molar-refractivity contribution in [1.29, 1.82) is 0 Å². The number of nitrogens with one attached hydrogen (secondary N) is 9. The van der Waals surface area contributed by atoms with E-state index >= 15 is 0 Å². The minimum atomic E-state index is -1.82. The average molecular weight is 1420 g/mol. The van der Waals surface area contributed by atoms with Crippen LogP contribution in [0.4, 0.5) is 0 Å². The number of nitrogens with two attached hydrogens (primary N) is 4. The van der Waals surface area contributed by atoms with Crippen LogP contribution in [0.1, 0.15) is 94.9 Å². The molecule has 1 saturated heterocycles. The highest BCUT2D eigenvalue weighted by Gasteiger charge is 2.40. The van der Waals surface area contributed by atoms with Gasteiger partial charge in [-0.2, -0.15) is 0 Å². The number of hydrogen-bond acceptors (Lipinski definition) is 16. The van der Waals surface area contributed by atoms with Gasteiger partial charge in [0.15, 0.2) is 11.9 Å². The lowest BCUT2D eigenvalue weighted by Gasteiger charge is -2.31. The van der Waals surface area contributed by atoms with Crippen LogP contribution in [0, 0.1) is 5.92 Å². The zero-order chi connectivity index (χ0) is 73.7. The van der Waals surface area contributed by atoms with Gasteiger partial charge in [0, 0.05) is 82.1 Å². The van der Waals surface area contributed by atoms with E-state index in [0.29, 0.717) is 33.7 Å². The van der Waals surface area contributed by atoms with Crippen LogP contribution in [0.5, 0.6) is 0 Å². The fourth-order valence-electron chi connectivity index (χ4n) is 11.3.